The number of hydrogen-bond donors (Lipinski definition) is 1. The lowest BCUT2D eigenvalue weighted by Gasteiger charge is -2.33. The van der Waals surface area contributed by atoms with Crippen LogP contribution in [0.25, 0.3) is 0 Å². The lowest BCUT2D eigenvalue weighted by Crippen LogP contribution is -2.52. The molecule has 1 fully saturated rings. The molecule has 21 heavy (non-hydrogen) atoms. The summed E-state index contributed by atoms with van der Waals surface area (Å²) >= 11 is 0. The first-order valence-electron chi connectivity index (χ1n) is 6.75. The van der Waals surface area contributed by atoms with Crippen LogP contribution < -0.4 is 10.1 Å². The minimum atomic E-state index is -3.53. The fourth-order valence-electron chi connectivity index (χ4n) is 2.67. The number of sulfonamides is 1. The zero-order valence-corrected chi connectivity index (χ0v) is 14.5. The molecule has 5 nitrogen and oxygen atoms in total. The Morgan fingerprint density at radius 1 is 1.33 bits per heavy atom. The lowest BCUT2D eigenvalue weighted by atomic mass is 10.1. The van der Waals surface area contributed by atoms with E-state index in [0.29, 0.717) is 25.4 Å². The third kappa shape index (κ3) is 3.51. The predicted molar refractivity (Wildman–Crippen MR) is 85.9 cm³/mol. The van der Waals surface area contributed by atoms with Gasteiger partial charge in [-0.3, -0.25) is 0 Å². The highest BCUT2D eigenvalue weighted by molar-refractivity contribution is 7.89. The van der Waals surface area contributed by atoms with Crippen LogP contribution in [0.3, 0.4) is 0 Å². The van der Waals surface area contributed by atoms with Gasteiger partial charge in [0, 0.05) is 25.7 Å². The Hall–Kier alpha value is -0.820. The third-order valence-electron chi connectivity index (χ3n) is 3.62. The monoisotopic (exact) mass is 334 g/mol. The molecule has 1 saturated heterocycles. The smallest absolute Gasteiger partial charge is 0.247 e. The Bertz CT molecular complexity index is 604. The first kappa shape index (κ1) is 18.2. The summed E-state index contributed by atoms with van der Waals surface area (Å²) in [5.74, 6) is 0.446. The minimum absolute atomic E-state index is 0. The van der Waals surface area contributed by atoms with Crippen LogP contribution in [0.1, 0.15) is 18.1 Å². The van der Waals surface area contributed by atoms with Gasteiger partial charge < -0.3 is 10.1 Å². The van der Waals surface area contributed by atoms with Crippen LogP contribution in [-0.2, 0) is 10.0 Å². The standard InChI is InChI=1S/C14H22N2O3S.ClH/c1-10-7-11(2)14(19-4)13(8-10)20(17,18)16-6-5-15-9-12(16)3;/h7-8,12,15H,5-6,9H2,1-4H3;1H/t12-;/m1./s1. The molecule has 1 aromatic rings. The summed E-state index contributed by atoms with van der Waals surface area (Å²) in [6, 6.07) is 3.56. The molecule has 0 aromatic heterocycles. The number of nitrogens with one attached hydrogen (secondary N) is 1. The summed E-state index contributed by atoms with van der Waals surface area (Å²) < 4.78 is 32.7. The molecule has 0 spiro atoms. The molecule has 1 N–H and O–H groups in total. The number of halogens is 1. The van der Waals surface area contributed by atoms with E-state index in [2.05, 4.69) is 5.32 Å². The van der Waals surface area contributed by atoms with Crippen LogP contribution in [0.2, 0.25) is 0 Å². The molecule has 0 unspecified atom stereocenters. The van der Waals surface area contributed by atoms with E-state index in [0.717, 1.165) is 11.1 Å². The van der Waals surface area contributed by atoms with E-state index in [1.54, 1.807) is 10.4 Å². The molecular weight excluding hydrogens is 312 g/mol. The van der Waals surface area contributed by atoms with E-state index in [1.165, 1.54) is 7.11 Å². The topological polar surface area (TPSA) is 58.6 Å². The summed E-state index contributed by atoms with van der Waals surface area (Å²) in [5.41, 5.74) is 1.76. The van der Waals surface area contributed by atoms with Crippen molar-refractivity contribution < 1.29 is 13.2 Å². The van der Waals surface area contributed by atoms with Crippen molar-refractivity contribution in [2.45, 2.75) is 31.7 Å². The van der Waals surface area contributed by atoms with Crippen molar-refractivity contribution >= 4 is 22.4 Å². The average molecular weight is 335 g/mol. The van der Waals surface area contributed by atoms with Crippen LogP contribution in [0.15, 0.2) is 17.0 Å². The largest absolute Gasteiger partial charge is 0.495 e. The van der Waals surface area contributed by atoms with Crippen LogP contribution in [0, 0.1) is 13.8 Å². The van der Waals surface area contributed by atoms with Gasteiger partial charge in [-0.2, -0.15) is 4.31 Å². The highest BCUT2D eigenvalue weighted by atomic mass is 35.5. The van der Waals surface area contributed by atoms with Crippen molar-refractivity contribution in [1.29, 1.82) is 0 Å². The van der Waals surface area contributed by atoms with E-state index < -0.39 is 10.0 Å². The molecule has 0 radical (unpaired) electrons. The Morgan fingerprint density at radius 2 is 2.00 bits per heavy atom. The fraction of sp³-hybridized carbons (Fsp3) is 0.571. The maximum Gasteiger partial charge on any atom is 0.247 e. The van der Waals surface area contributed by atoms with E-state index >= 15 is 0 Å². The molecule has 0 bridgehead atoms. The number of ether oxygens (including phenoxy) is 1. The molecule has 0 amide bonds. The molecule has 1 aromatic carbocycles. The zero-order valence-electron chi connectivity index (χ0n) is 12.8. The van der Waals surface area contributed by atoms with Crippen LogP contribution in [-0.4, -0.2) is 45.5 Å². The van der Waals surface area contributed by atoms with E-state index in [9.17, 15) is 8.42 Å². The van der Waals surface area contributed by atoms with E-state index in [4.69, 9.17) is 4.74 Å². The number of methoxy groups -OCH3 is 1. The van der Waals surface area contributed by atoms with Gasteiger partial charge in [-0.05, 0) is 38.0 Å². The Balaban J connectivity index is 0.00000220. The van der Waals surface area contributed by atoms with Gasteiger partial charge in [0.1, 0.15) is 10.6 Å². The lowest BCUT2D eigenvalue weighted by molar-refractivity contribution is 0.282. The summed E-state index contributed by atoms with van der Waals surface area (Å²) in [6.07, 6.45) is 0. The molecule has 1 aliphatic rings. The number of rotatable bonds is 3. The van der Waals surface area contributed by atoms with Crippen LogP contribution in [0.4, 0.5) is 0 Å². The van der Waals surface area contributed by atoms with Crippen molar-refractivity contribution in [2.75, 3.05) is 26.7 Å². The summed E-state index contributed by atoms with van der Waals surface area (Å²) in [4.78, 5) is 0.270. The highest BCUT2D eigenvalue weighted by Crippen LogP contribution is 2.32. The van der Waals surface area contributed by atoms with E-state index in [-0.39, 0.29) is 23.3 Å². The van der Waals surface area contributed by atoms with Gasteiger partial charge in [-0.1, -0.05) is 6.07 Å². The molecule has 0 aliphatic carbocycles. The Kier molecular flexibility index (Phi) is 6.04. The van der Waals surface area contributed by atoms with Crippen molar-refractivity contribution in [2.24, 2.45) is 0 Å². The van der Waals surface area contributed by atoms with Gasteiger partial charge in [-0.15, -0.1) is 12.4 Å². The molecule has 0 saturated carbocycles. The van der Waals surface area contributed by atoms with Crippen molar-refractivity contribution in [3.05, 3.63) is 23.3 Å². The predicted octanol–water partition coefficient (Wildman–Crippen LogP) is 1.72. The maximum absolute atomic E-state index is 12.9. The second kappa shape index (κ2) is 6.96. The SMILES string of the molecule is COc1c(C)cc(C)cc1S(=O)(=O)N1CCNC[C@H]1C.Cl. The number of hydrogen-bond acceptors (Lipinski definition) is 4. The first-order chi connectivity index (χ1) is 9.37. The van der Waals surface area contributed by atoms with E-state index in [1.807, 2.05) is 26.8 Å². The second-order valence-electron chi connectivity index (χ2n) is 5.28. The molecule has 2 rings (SSSR count). The van der Waals surface area contributed by atoms with Crippen LogP contribution >= 0.6 is 12.4 Å². The van der Waals surface area contributed by atoms with Gasteiger partial charge in [0.2, 0.25) is 10.0 Å². The average Bonchev–Trinajstić information content (AvgIpc) is 2.38. The zero-order chi connectivity index (χ0) is 14.9. The summed E-state index contributed by atoms with van der Waals surface area (Å²) in [7, 11) is -2.02. The maximum atomic E-state index is 12.9. The summed E-state index contributed by atoms with van der Waals surface area (Å²) in [5, 5.41) is 3.20. The number of piperazine rings is 1. The van der Waals surface area contributed by atoms with Crippen LogP contribution in [0.5, 0.6) is 5.75 Å². The molecule has 120 valence electrons. The normalized spacial score (nSPS) is 19.9. The molecule has 1 atom stereocenters. The summed E-state index contributed by atoms with van der Waals surface area (Å²) in [6.45, 7) is 7.51. The second-order valence-corrected chi connectivity index (χ2v) is 7.14. The number of benzene rings is 1. The fourth-order valence-corrected chi connectivity index (χ4v) is 4.62. The Labute approximate surface area is 133 Å². The van der Waals surface area contributed by atoms with Gasteiger partial charge in [-0.25, -0.2) is 8.42 Å². The highest BCUT2D eigenvalue weighted by Gasteiger charge is 2.33. The third-order valence-corrected chi connectivity index (χ3v) is 5.63. The van der Waals surface area contributed by atoms with Crippen molar-refractivity contribution in [3.63, 3.8) is 0 Å². The number of aryl methyl sites for hydroxylation is 2. The Morgan fingerprint density at radius 3 is 2.57 bits per heavy atom. The molecular formula is C14H23ClN2O3S. The quantitative estimate of drug-likeness (QED) is 0.914. The van der Waals surface area contributed by atoms with Gasteiger partial charge in [0.05, 0.1) is 7.11 Å². The molecule has 1 heterocycles. The molecule has 1 aliphatic heterocycles. The first-order valence-corrected chi connectivity index (χ1v) is 8.19. The van der Waals surface area contributed by atoms with Gasteiger partial charge in [0.15, 0.2) is 0 Å². The minimum Gasteiger partial charge on any atom is -0.495 e. The van der Waals surface area contributed by atoms with Gasteiger partial charge in [0.25, 0.3) is 0 Å². The molecule has 7 heteroatoms. The number of nitrogens with zero attached hydrogens (tertiary/aromatic N) is 1. The van der Waals surface area contributed by atoms with Crippen molar-refractivity contribution in [1.82, 2.24) is 9.62 Å². The van der Waals surface area contributed by atoms with Crippen molar-refractivity contribution in [3.8, 4) is 5.75 Å². The van der Waals surface area contributed by atoms with Gasteiger partial charge >= 0.3 is 0 Å².